The molecular weight excluding hydrogens is 275 g/mol. The Balaban J connectivity index is 2.29. The first kappa shape index (κ1) is 12.3. The lowest BCUT2D eigenvalue weighted by Gasteiger charge is -1.98. The molecule has 1 heterocycles. The Labute approximate surface area is 114 Å². The van der Waals surface area contributed by atoms with E-state index in [9.17, 15) is 0 Å². The number of hydrogen-bond donors (Lipinski definition) is 1. The number of aromatic amines is 1. The Morgan fingerprint density at radius 2 is 2.00 bits per heavy atom. The second-order valence-corrected chi connectivity index (χ2v) is 4.56. The number of benzene rings is 1. The van der Waals surface area contributed by atoms with Crippen molar-refractivity contribution in [1.82, 2.24) is 9.97 Å². The van der Waals surface area contributed by atoms with Crippen LogP contribution in [-0.4, -0.2) is 9.97 Å². The number of hydrogen-bond acceptors (Lipinski definition) is 2. The van der Waals surface area contributed by atoms with Gasteiger partial charge in [-0.15, -0.1) is 0 Å². The van der Waals surface area contributed by atoms with Crippen LogP contribution >= 0.6 is 35.4 Å². The highest BCUT2D eigenvalue weighted by Crippen LogP contribution is 2.22. The van der Waals surface area contributed by atoms with Crippen molar-refractivity contribution in [3.05, 3.63) is 56.5 Å². The van der Waals surface area contributed by atoms with Gasteiger partial charge in [-0.25, -0.2) is 4.98 Å². The average Bonchev–Trinajstić information content (AvgIpc) is 2.28. The second-order valence-electron chi connectivity index (χ2n) is 3.33. The van der Waals surface area contributed by atoms with E-state index in [0.29, 0.717) is 14.8 Å². The predicted molar refractivity (Wildman–Crippen MR) is 74.8 cm³/mol. The van der Waals surface area contributed by atoms with Gasteiger partial charge in [-0.2, -0.15) is 0 Å². The molecule has 2 rings (SSSR count). The molecule has 5 heteroatoms. The van der Waals surface area contributed by atoms with Gasteiger partial charge in [0.2, 0.25) is 0 Å². The Morgan fingerprint density at radius 3 is 2.71 bits per heavy atom. The van der Waals surface area contributed by atoms with Crippen LogP contribution in [0.5, 0.6) is 0 Å². The number of H-pyrrole nitrogens is 1. The maximum Gasteiger partial charge on any atom is 0.197 e. The molecule has 1 N–H and O–H groups in total. The molecule has 0 spiro atoms. The molecule has 0 radical (unpaired) electrons. The average molecular weight is 283 g/mol. The molecule has 0 bridgehead atoms. The van der Waals surface area contributed by atoms with Gasteiger partial charge in [-0.3, -0.25) is 0 Å². The molecule has 0 atom stereocenters. The minimum absolute atomic E-state index is 0.453. The molecule has 0 saturated heterocycles. The Morgan fingerprint density at radius 1 is 1.18 bits per heavy atom. The molecule has 0 saturated carbocycles. The van der Waals surface area contributed by atoms with E-state index < -0.39 is 0 Å². The molecule has 1 aromatic carbocycles. The van der Waals surface area contributed by atoms with E-state index in [-0.39, 0.29) is 0 Å². The van der Waals surface area contributed by atoms with Crippen LogP contribution < -0.4 is 0 Å². The number of nitrogens with one attached hydrogen (secondary N) is 1. The molecule has 1 aromatic heterocycles. The van der Waals surface area contributed by atoms with E-state index in [4.69, 9.17) is 35.4 Å². The summed E-state index contributed by atoms with van der Waals surface area (Å²) in [5, 5.41) is 1.23. The zero-order valence-corrected chi connectivity index (χ0v) is 11.0. The predicted octanol–water partition coefficient (Wildman–Crippen LogP) is 4.62. The van der Waals surface area contributed by atoms with Crippen molar-refractivity contribution in [2.24, 2.45) is 0 Å². The van der Waals surface area contributed by atoms with Gasteiger partial charge in [0.1, 0.15) is 0 Å². The van der Waals surface area contributed by atoms with Gasteiger partial charge < -0.3 is 4.98 Å². The fourth-order valence-corrected chi connectivity index (χ4v) is 1.95. The van der Waals surface area contributed by atoms with E-state index in [1.807, 2.05) is 24.3 Å². The fraction of sp³-hybridized carbons (Fsp3) is 0. The normalized spacial score (nSPS) is 10.9. The van der Waals surface area contributed by atoms with E-state index in [0.717, 1.165) is 11.3 Å². The summed E-state index contributed by atoms with van der Waals surface area (Å²) >= 11 is 16.8. The lowest BCUT2D eigenvalue weighted by molar-refractivity contribution is 1.12. The van der Waals surface area contributed by atoms with Crippen LogP contribution in [0.4, 0.5) is 0 Å². The molecule has 17 heavy (non-hydrogen) atoms. The topological polar surface area (TPSA) is 28.7 Å². The van der Waals surface area contributed by atoms with Gasteiger partial charge in [-0.05, 0) is 42.1 Å². The van der Waals surface area contributed by atoms with Crippen LogP contribution in [0.3, 0.4) is 0 Å². The first-order chi connectivity index (χ1) is 8.15. The zero-order valence-electron chi connectivity index (χ0n) is 8.65. The molecule has 0 amide bonds. The maximum atomic E-state index is 6.05. The van der Waals surface area contributed by atoms with E-state index >= 15 is 0 Å². The summed E-state index contributed by atoms with van der Waals surface area (Å²) in [4.78, 5) is 6.86. The molecule has 0 aliphatic heterocycles. The van der Waals surface area contributed by atoms with Gasteiger partial charge >= 0.3 is 0 Å². The van der Waals surface area contributed by atoms with Gasteiger partial charge in [0.15, 0.2) is 4.77 Å². The molecule has 2 aromatic rings. The first-order valence-corrected chi connectivity index (χ1v) is 6.00. The summed E-state index contributed by atoms with van der Waals surface area (Å²) in [6.07, 6.45) is 5.42. The van der Waals surface area contributed by atoms with Gasteiger partial charge in [-0.1, -0.05) is 35.3 Å². The quantitative estimate of drug-likeness (QED) is 0.815. The van der Waals surface area contributed by atoms with Crippen molar-refractivity contribution in [2.45, 2.75) is 0 Å². The Bertz CT molecular complexity index is 620. The number of aromatic nitrogens is 2. The van der Waals surface area contributed by atoms with Crippen LogP contribution in [0.25, 0.3) is 12.2 Å². The van der Waals surface area contributed by atoms with Crippen molar-refractivity contribution < 1.29 is 0 Å². The molecule has 0 aliphatic carbocycles. The van der Waals surface area contributed by atoms with Crippen LogP contribution in [0.2, 0.25) is 10.0 Å². The summed E-state index contributed by atoms with van der Waals surface area (Å²) in [7, 11) is 0. The van der Waals surface area contributed by atoms with E-state index in [1.54, 1.807) is 18.3 Å². The molecular formula is C12H8Cl2N2S. The largest absolute Gasteiger partial charge is 0.331 e. The Hall–Kier alpha value is -1.16. The van der Waals surface area contributed by atoms with Gasteiger partial charge in [0.25, 0.3) is 0 Å². The highest BCUT2D eigenvalue weighted by molar-refractivity contribution is 7.71. The van der Waals surface area contributed by atoms with Gasteiger partial charge in [0, 0.05) is 21.9 Å². The van der Waals surface area contributed by atoms with Crippen molar-refractivity contribution >= 4 is 47.6 Å². The summed E-state index contributed by atoms with van der Waals surface area (Å²) in [6, 6.07) is 7.19. The van der Waals surface area contributed by atoms with Gasteiger partial charge in [0.05, 0.1) is 0 Å². The lowest BCUT2D eigenvalue weighted by Crippen LogP contribution is -1.83. The van der Waals surface area contributed by atoms with Crippen LogP contribution in [-0.2, 0) is 0 Å². The second kappa shape index (κ2) is 5.45. The highest BCUT2D eigenvalue weighted by Gasteiger charge is 1.97. The minimum Gasteiger partial charge on any atom is -0.331 e. The summed E-state index contributed by atoms with van der Waals surface area (Å²) in [5.41, 5.74) is 1.77. The molecule has 2 nitrogen and oxygen atoms in total. The van der Waals surface area contributed by atoms with E-state index in [2.05, 4.69) is 9.97 Å². The number of nitrogens with zero attached hydrogens (tertiary/aromatic N) is 1. The SMILES string of the molecule is S=c1nccc(/C=C/c2ccc(Cl)cc2Cl)[nH]1. The summed E-state index contributed by atoms with van der Waals surface area (Å²) in [6.45, 7) is 0. The van der Waals surface area contributed by atoms with Crippen LogP contribution in [0.15, 0.2) is 30.5 Å². The zero-order chi connectivity index (χ0) is 12.3. The molecule has 0 aliphatic rings. The van der Waals surface area contributed by atoms with Crippen molar-refractivity contribution in [2.75, 3.05) is 0 Å². The monoisotopic (exact) mass is 282 g/mol. The fourth-order valence-electron chi connectivity index (χ4n) is 1.30. The first-order valence-electron chi connectivity index (χ1n) is 4.83. The standard InChI is InChI=1S/C12H8Cl2N2S/c13-9-3-1-8(11(14)7-9)2-4-10-5-6-15-12(17)16-10/h1-7H,(H,15,16,17)/b4-2+. The third-order valence-electron chi connectivity index (χ3n) is 2.10. The van der Waals surface area contributed by atoms with Crippen molar-refractivity contribution in [3.8, 4) is 0 Å². The number of rotatable bonds is 2. The third kappa shape index (κ3) is 3.40. The molecule has 86 valence electrons. The molecule has 0 unspecified atom stereocenters. The smallest absolute Gasteiger partial charge is 0.197 e. The van der Waals surface area contributed by atoms with Crippen molar-refractivity contribution in [3.63, 3.8) is 0 Å². The maximum absolute atomic E-state index is 6.05. The number of halogens is 2. The third-order valence-corrected chi connectivity index (χ3v) is 2.87. The van der Waals surface area contributed by atoms with E-state index in [1.165, 1.54) is 0 Å². The van der Waals surface area contributed by atoms with Crippen LogP contribution in [0, 0.1) is 4.77 Å². The summed E-state index contributed by atoms with van der Waals surface area (Å²) < 4.78 is 0.453. The lowest BCUT2D eigenvalue weighted by atomic mass is 10.2. The summed E-state index contributed by atoms with van der Waals surface area (Å²) in [5.74, 6) is 0. The molecule has 0 fully saturated rings. The van der Waals surface area contributed by atoms with Crippen molar-refractivity contribution in [1.29, 1.82) is 0 Å². The van der Waals surface area contributed by atoms with Crippen LogP contribution in [0.1, 0.15) is 11.3 Å². The minimum atomic E-state index is 0.453. The highest BCUT2D eigenvalue weighted by atomic mass is 35.5. The Kier molecular flexibility index (Phi) is 3.94.